The first-order chi connectivity index (χ1) is 13.8. The van der Waals surface area contributed by atoms with Gasteiger partial charge >= 0.3 is 0 Å². The molecule has 0 spiro atoms. The lowest BCUT2D eigenvalue weighted by Crippen LogP contribution is -1.93. The van der Waals surface area contributed by atoms with Gasteiger partial charge in [-0.3, -0.25) is 4.98 Å². The van der Waals surface area contributed by atoms with Crippen molar-refractivity contribution in [2.75, 3.05) is 5.32 Å². The summed E-state index contributed by atoms with van der Waals surface area (Å²) in [6.45, 7) is 5.99. The van der Waals surface area contributed by atoms with E-state index in [4.69, 9.17) is 4.98 Å². The zero-order valence-corrected chi connectivity index (χ0v) is 16.0. The molecule has 1 N–H and O–H groups in total. The molecule has 0 bridgehead atoms. The van der Waals surface area contributed by atoms with E-state index in [1.807, 2.05) is 6.07 Å². The largest absolute Gasteiger partial charge is 0.362 e. The highest BCUT2D eigenvalue weighted by atomic mass is 14.9. The standard InChI is InChI=1S/C25H23N3/c1-3-5-18-6-8-19(9-7-18)20-10-12-21(13-11-20)23-16-24(27-4-2)22-14-15-26-17-25(22)28-23/h4,6-17H,2-3,5H2,1H3,(H,27,28). The van der Waals surface area contributed by atoms with E-state index in [1.54, 1.807) is 18.6 Å². The molecule has 138 valence electrons. The number of hydrogen-bond donors (Lipinski definition) is 1. The summed E-state index contributed by atoms with van der Waals surface area (Å²) in [4.78, 5) is 8.99. The number of nitrogens with one attached hydrogen (secondary N) is 1. The zero-order valence-electron chi connectivity index (χ0n) is 16.0. The predicted octanol–water partition coefficient (Wildman–Crippen LogP) is 6.47. The molecule has 0 amide bonds. The molecule has 0 saturated carbocycles. The maximum absolute atomic E-state index is 4.79. The van der Waals surface area contributed by atoms with E-state index < -0.39 is 0 Å². The molecule has 4 rings (SSSR count). The number of pyridine rings is 2. The first kappa shape index (κ1) is 17.9. The molecule has 2 aromatic carbocycles. The van der Waals surface area contributed by atoms with Crippen LogP contribution in [0.25, 0.3) is 33.3 Å². The van der Waals surface area contributed by atoms with Gasteiger partial charge in [-0.25, -0.2) is 4.98 Å². The molecule has 2 aromatic heterocycles. The van der Waals surface area contributed by atoms with Crippen LogP contribution in [0, 0.1) is 0 Å². The Balaban J connectivity index is 1.67. The highest BCUT2D eigenvalue weighted by Crippen LogP contribution is 2.29. The van der Waals surface area contributed by atoms with Crippen molar-refractivity contribution in [3.63, 3.8) is 0 Å². The Morgan fingerprint density at radius 1 is 0.929 bits per heavy atom. The number of nitrogens with zero attached hydrogens (tertiary/aromatic N) is 2. The van der Waals surface area contributed by atoms with Crippen LogP contribution in [-0.2, 0) is 6.42 Å². The third kappa shape index (κ3) is 3.65. The summed E-state index contributed by atoms with van der Waals surface area (Å²) in [6.07, 6.45) is 7.55. The Bertz CT molecular complexity index is 1100. The molecule has 28 heavy (non-hydrogen) atoms. The van der Waals surface area contributed by atoms with Gasteiger partial charge in [0, 0.05) is 22.8 Å². The van der Waals surface area contributed by atoms with Gasteiger partial charge in [0.2, 0.25) is 0 Å². The summed E-state index contributed by atoms with van der Waals surface area (Å²) < 4.78 is 0. The van der Waals surface area contributed by atoms with Crippen LogP contribution < -0.4 is 5.32 Å². The lowest BCUT2D eigenvalue weighted by atomic mass is 10.00. The number of rotatable bonds is 6. The van der Waals surface area contributed by atoms with Gasteiger partial charge in [-0.1, -0.05) is 68.5 Å². The lowest BCUT2D eigenvalue weighted by molar-refractivity contribution is 0.922. The van der Waals surface area contributed by atoms with Crippen molar-refractivity contribution in [2.24, 2.45) is 0 Å². The normalized spacial score (nSPS) is 10.8. The van der Waals surface area contributed by atoms with E-state index >= 15 is 0 Å². The molecular formula is C25H23N3. The predicted molar refractivity (Wildman–Crippen MR) is 118 cm³/mol. The summed E-state index contributed by atoms with van der Waals surface area (Å²) in [6, 6.07) is 21.4. The van der Waals surface area contributed by atoms with E-state index in [0.29, 0.717) is 0 Å². The maximum atomic E-state index is 4.79. The summed E-state index contributed by atoms with van der Waals surface area (Å²) in [5.41, 5.74) is 7.65. The Kier molecular flexibility index (Phi) is 5.16. The molecular weight excluding hydrogens is 342 g/mol. The first-order valence-corrected chi connectivity index (χ1v) is 9.60. The minimum atomic E-state index is 0.861. The maximum Gasteiger partial charge on any atom is 0.0913 e. The van der Waals surface area contributed by atoms with Crippen LogP contribution in [0.15, 0.2) is 85.8 Å². The number of aryl methyl sites for hydroxylation is 1. The van der Waals surface area contributed by atoms with Crippen molar-refractivity contribution >= 4 is 16.6 Å². The molecule has 0 fully saturated rings. The van der Waals surface area contributed by atoms with Crippen LogP contribution in [0.5, 0.6) is 0 Å². The van der Waals surface area contributed by atoms with Gasteiger partial charge in [0.25, 0.3) is 0 Å². The molecule has 0 aliphatic rings. The third-order valence-corrected chi connectivity index (χ3v) is 4.88. The second-order valence-corrected chi connectivity index (χ2v) is 6.82. The van der Waals surface area contributed by atoms with Crippen molar-refractivity contribution in [3.05, 3.63) is 91.4 Å². The van der Waals surface area contributed by atoms with Crippen molar-refractivity contribution < 1.29 is 0 Å². The fourth-order valence-electron chi connectivity index (χ4n) is 3.44. The first-order valence-electron chi connectivity index (χ1n) is 9.60. The van der Waals surface area contributed by atoms with Crippen LogP contribution in [0.4, 0.5) is 5.69 Å². The summed E-state index contributed by atoms with van der Waals surface area (Å²) >= 11 is 0. The van der Waals surface area contributed by atoms with Crippen LogP contribution in [0.1, 0.15) is 18.9 Å². The quantitative estimate of drug-likeness (QED) is 0.425. The number of anilines is 1. The Morgan fingerprint density at radius 3 is 2.29 bits per heavy atom. The molecule has 3 heteroatoms. The fourth-order valence-corrected chi connectivity index (χ4v) is 3.44. The number of fused-ring (bicyclic) bond motifs is 1. The van der Waals surface area contributed by atoms with E-state index in [0.717, 1.165) is 34.3 Å². The lowest BCUT2D eigenvalue weighted by Gasteiger charge is -2.10. The van der Waals surface area contributed by atoms with Crippen molar-refractivity contribution in [2.45, 2.75) is 19.8 Å². The number of hydrogen-bond acceptors (Lipinski definition) is 3. The molecule has 0 atom stereocenters. The van der Waals surface area contributed by atoms with E-state index in [2.05, 4.69) is 78.4 Å². The molecule has 0 saturated heterocycles. The van der Waals surface area contributed by atoms with Gasteiger partial charge in [0.05, 0.1) is 17.4 Å². The number of aromatic nitrogens is 2. The average molecular weight is 365 g/mol. The van der Waals surface area contributed by atoms with Crippen LogP contribution >= 0.6 is 0 Å². The molecule has 3 nitrogen and oxygen atoms in total. The molecule has 4 aromatic rings. The molecule has 0 aliphatic carbocycles. The van der Waals surface area contributed by atoms with Gasteiger partial charge in [0.1, 0.15) is 0 Å². The van der Waals surface area contributed by atoms with E-state index in [9.17, 15) is 0 Å². The Hall–Kier alpha value is -3.46. The topological polar surface area (TPSA) is 37.8 Å². The van der Waals surface area contributed by atoms with Crippen molar-refractivity contribution in [3.8, 4) is 22.4 Å². The SMILES string of the molecule is C=CNc1cc(-c2ccc(-c3ccc(CCC)cc3)cc2)nc2cnccc12. The Labute approximate surface area is 165 Å². The van der Waals surface area contributed by atoms with E-state index in [-0.39, 0.29) is 0 Å². The fraction of sp³-hybridized carbons (Fsp3) is 0.120. The van der Waals surface area contributed by atoms with Gasteiger partial charge in [-0.15, -0.1) is 0 Å². The summed E-state index contributed by atoms with van der Waals surface area (Å²) in [7, 11) is 0. The minimum Gasteiger partial charge on any atom is -0.362 e. The van der Waals surface area contributed by atoms with Crippen molar-refractivity contribution in [1.29, 1.82) is 0 Å². The smallest absolute Gasteiger partial charge is 0.0913 e. The highest BCUT2D eigenvalue weighted by molar-refractivity contribution is 5.93. The molecule has 2 heterocycles. The van der Waals surface area contributed by atoms with Gasteiger partial charge in [-0.2, -0.15) is 0 Å². The van der Waals surface area contributed by atoms with Gasteiger partial charge in [-0.05, 0) is 41.4 Å². The summed E-state index contributed by atoms with van der Waals surface area (Å²) in [5, 5.41) is 4.24. The molecule has 0 radical (unpaired) electrons. The molecule has 0 aliphatic heterocycles. The Morgan fingerprint density at radius 2 is 1.61 bits per heavy atom. The third-order valence-electron chi connectivity index (χ3n) is 4.88. The number of benzene rings is 2. The van der Waals surface area contributed by atoms with E-state index in [1.165, 1.54) is 23.1 Å². The van der Waals surface area contributed by atoms with Crippen LogP contribution in [-0.4, -0.2) is 9.97 Å². The second-order valence-electron chi connectivity index (χ2n) is 6.82. The monoisotopic (exact) mass is 365 g/mol. The highest BCUT2D eigenvalue weighted by Gasteiger charge is 2.08. The van der Waals surface area contributed by atoms with Gasteiger partial charge < -0.3 is 5.32 Å². The summed E-state index contributed by atoms with van der Waals surface area (Å²) in [5.74, 6) is 0. The minimum absolute atomic E-state index is 0.861. The molecule has 0 unspecified atom stereocenters. The second kappa shape index (κ2) is 8.05. The average Bonchev–Trinajstić information content (AvgIpc) is 2.75. The van der Waals surface area contributed by atoms with Crippen LogP contribution in [0.2, 0.25) is 0 Å². The van der Waals surface area contributed by atoms with Crippen LogP contribution in [0.3, 0.4) is 0 Å². The van der Waals surface area contributed by atoms with Gasteiger partial charge in [0.15, 0.2) is 0 Å². The zero-order chi connectivity index (χ0) is 19.3. The van der Waals surface area contributed by atoms with Crippen molar-refractivity contribution in [1.82, 2.24) is 9.97 Å².